The Balaban J connectivity index is 1.46. The monoisotopic (exact) mass is 608 g/mol. The zero-order valence-corrected chi connectivity index (χ0v) is 26.7. The Morgan fingerprint density at radius 1 is 0.956 bits per heavy atom. The van der Waals surface area contributed by atoms with E-state index < -0.39 is 17.7 Å². The van der Waals surface area contributed by atoms with Crippen molar-refractivity contribution in [3.05, 3.63) is 106 Å². The molecule has 234 valence electrons. The van der Waals surface area contributed by atoms with Crippen molar-refractivity contribution in [3.63, 3.8) is 0 Å². The number of benzene rings is 3. The molecule has 0 fully saturated rings. The Morgan fingerprint density at radius 2 is 1.67 bits per heavy atom. The molecular weight excluding hydrogens is 567 g/mol. The number of aliphatic carboxylic acids is 1. The molecule has 2 aliphatic rings. The van der Waals surface area contributed by atoms with Gasteiger partial charge in [-0.05, 0) is 117 Å². The highest BCUT2D eigenvalue weighted by molar-refractivity contribution is 5.91. The smallest absolute Gasteiger partial charge is 0.337 e. The van der Waals surface area contributed by atoms with Gasteiger partial charge in [-0.2, -0.15) is 0 Å². The minimum atomic E-state index is -1.20. The predicted octanol–water partition coefficient (Wildman–Crippen LogP) is 8.00. The first-order chi connectivity index (χ1) is 21.5. The van der Waals surface area contributed by atoms with Crippen molar-refractivity contribution in [1.29, 1.82) is 0 Å². The van der Waals surface area contributed by atoms with Gasteiger partial charge < -0.3 is 14.6 Å². The molecule has 0 radical (unpaired) electrons. The summed E-state index contributed by atoms with van der Waals surface area (Å²) >= 11 is 0. The summed E-state index contributed by atoms with van der Waals surface area (Å²) in [6.45, 7) is 12.7. The summed E-state index contributed by atoms with van der Waals surface area (Å²) in [5.74, 6) is -0.379. The van der Waals surface area contributed by atoms with Crippen LogP contribution in [0.15, 0.2) is 60.7 Å². The van der Waals surface area contributed by atoms with Crippen molar-refractivity contribution in [1.82, 2.24) is 9.88 Å². The summed E-state index contributed by atoms with van der Waals surface area (Å²) in [6, 6.07) is 19.5. The van der Waals surface area contributed by atoms with Crippen molar-refractivity contribution in [2.45, 2.75) is 78.7 Å². The molecule has 45 heavy (non-hydrogen) atoms. The number of carboxylic acid groups (broad SMARTS) is 1. The van der Waals surface area contributed by atoms with E-state index in [4.69, 9.17) is 14.5 Å². The molecule has 6 nitrogen and oxygen atoms in total. The maximum absolute atomic E-state index is 13.4. The second-order valence-electron chi connectivity index (χ2n) is 13.2. The number of pyridine rings is 1. The Hall–Kier alpha value is -4.07. The first-order valence-corrected chi connectivity index (χ1v) is 15.7. The predicted molar refractivity (Wildman–Crippen MR) is 174 cm³/mol. The summed E-state index contributed by atoms with van der Waals surface area (Å²) in [6.07, 6.45) is 1.53. The summed E-state index contributed by atoms with van der Waals surface area (Å²) in [4.78, 5) is 20.2. The van der Waals surface area contributed by atoms with Gasteiger partial charge in [0.2, 0.25) is 0 Å². The lowest BCUT2D eigenvalue weighted by atomic mass is 9.84. The molecule has 1 aromatic heterocycles. The largest absolute Gasteiger partial charge is 0.493 e. The molecule has 2 aliphatic heterocycles. The van der Waals surface area contributed by atoms with Gasteiger partial charge in [0, 0.05) is 42.1 Å². The van der Waals surface area contributed by atoms with Crippen LogP contribution in [-0.2, 0) is 35.5 Å². The van der Waals surface area contributed by atoms with E-state index >= 15 is 0 Å². The second kappa shape index (κ2) is 12.4. The number of nitrogens with zero attached hydrogens (tertiary/aromatic N) is 2. The molecule has 1 atom stereocenters. The number of hydrogen-bond donors (Lipinski definition) is 1. The van der Waals surface area contributed by atoms with E-state index in [9.17, 15) is 14.3 Å². The van der Waals surface area contributed by atoms with Crippen LogP contribution in [0, 0.1) is 19.7 Å². The number of halogens is 1. The standard InChI is InChI=1S/C38H41FN2O4/c1-23-33(28-10-11-30-22-41(17-16-26(30)19-28)21-25-8-13-31(39)14-9-25)35(29-12-15-32-27(20-29)7-6-18-44-32)34(24(2)40-23)36(37(42)43)45-38(3,4)5/h8-15,19-20,36H,6-7,16-18,21-22H2,1-5H3,(H,42,43). The van der Waals surface area contributed by atoms with E-state index in [1.54, 1.807) is 0 Å². The highest BCUT2D eigenvalue weighted by atomic mass is 19.1. The van der Waals surface area contributed by atoms with Crippen molar-refractivity contribution >= 4 is 5.97 Å². The van der Waals surface area contributed by atoms with Crippen molar-refractivity contribution in [2.75, 3.05) is 13.2 Å². The van der Waals surface area contributed by atoms with E-state index in [2.05, 4.69) is 29.2 Å². The van der Waals surface area contributed by atoms with Crippen LogP contribution in [0.25, 0.3) is 22.3 Å². The molecular formula is C38H41FN2O4. The third-order valence-corrected chi connectivity index (χ3v) is 8.67. The average Bonchev–Trinajstić information content (AvgIpc) is 3.00. The molecule has 1 N–H and O–H groups in total. The fourth-order valence-electron chi connectivity index (χ4n) is 6.69. The summed E-state index contributed by atoms with van der Waals surface area (Å²) in [5, 5.41) is 10.5. The fourth-order valence-corrected chi connectivity index (χ4v) is 6.69. The first kappa shape index (κ1) is 30.9. The quantitative estimate of drug-likeness (QED) is 0.229. The maximum atomic E-state index is 13.4. The van der Waals surface area contributed by atoms with Gasteiger partial charge in [-0.3, -0.25) is 9.88 Å². The van der Waals surface area contributed by atoms with Crippen LogP contribution < -0.4 is 4.74 Å². The van der Waals surface area contributed by atoms with Crippen molar-refractivity contribution in [2.24, 2.45) is 0 Å². The molecule has 0 saturated heterocycles. The highest BCUT2D eigenvalue weighted by Gasteiger charge is 2.34. The fraction of sp³-hybridized carbons (Fsp3) is 0.368. The molecule has 0 aliphatic carbocycles. The lowest BCUT2D eigenvalue weighted by Crippen LogP contribution is -2.30. The Kier molecular flexibility index (Phi) is 8.51. The normalized spacial score (nSPS) is 15.6. The lowest BCUT2D eigenvalue weighted by Gasteiger charge is -2.31. The number of rotatable bonds is 7. The summed E-state index contributed by atoms with van der Waals surface area (Å²) in [5.41, 5.74) is 9.85. The number of hydrogen-bond acceptors (Lipinski definition) is 5. The number of carboxylic acids is 1. The third kappa shape index (κ3) is 6.65. The van der Waals surface area contributed by atoms with Gasteiger partial charge in [0.1, 0.15) is 11.6 Å². The molecule has 1 unspecified atom stereocenters. The SMILES string of the molecule is Cc1nc(C)c(C(OC(C)(C)C)C(=O)O)c(-c2ccc3c(c2)CCCO3)c1-c1ccc2c(c1)CCN(Cc1ccc(F)cc1)C2. The van der Waals surface area contributed by atoms with Gasteiger partial charge in [-0.15, -0.1) is 0 Å². The van der Waals surface area contributed by atoms with Crippen LogP contribution in [0.4, 0.5) is 4.39 Å². The third-order valence-electron chi connectivity index (χ3n) is 8.67. The number of aryl methyl sites for hydroxylation is 3. The number of ether oxygens (including phenoxy) is 2. The van der Waals surface area contributed by atoms with Crippen LogP contribution in [-0.4, -0.2) is 39.7 Å². The van der Waals surface area contributed by atoms with Gasteiger partial charge >= 0.3 is 5.97 Å². The van der Waals surface area contributed by atoms with Crippen molar-refractivity contribution < 1.29 is 23.8 Å². The Morgan fingerprint density at radius 3 is 2.40 bits per heavy atom. The minimum absolute atomic E-state index is 0.220. The number of fused-ring (bicyclic) bond motifs is 2. The average molecular weight is 609 g/mol. The van der Waals surface area contributed by atoms with Gasteiger partial charge in [-0.25, -0.2) is 9.18 Å². The second-order valence-corrected chi connectivity index (χ2v) is 13.2. The van der Waals surface area contributed by atoms with Crippen LogP contribution in [0.1, 0.15) is 72.5 Å². The molecule has 0 bridgehead atoms. The van der Waals surface area contributed by atoms with E-state index in [1.165, 1.54) is 23.3 Å². The van der Waals surface area contributed by atoms with E-state index in [0.29, 0.717) is 17.9 Å². The van der Waals surface area contributed by atoms with Crippen LogP contribution in [0.3, 0.4) is 0 Å². The van der Waals surface area contributed by atoms with E-state index in [1.807, 2.05) is 58.9 Å². The molecule has 3 aromatic carbocycles. The molecule has 0 spiro atoms. The van der Waals surface area contributed by atoms with Gasteiger partial charge in [0.15, 0.2) is 6.10 Å². The first-order valence-electron chi connectivity index (χ1n) is 15.7. The number of aromatic nitrogens is 1. The highest BCUT2D eigenvalue weighted by Crippen LogP contribution is 2.44. The Labute approximate surface area is 264 Å². The van der Waals surface area contributed by atoms with Gasteiger partial charge in [0.25, 0.3) is 0 Å². The summed E-state index contributed by atoms with van der Waals surface area (Å²) < 4.78 is 25.6. The Bertz CT molecular complexity index is 1740. The van der Waals surface area contributed by atoms with Crippen molar-refractivity contribution in [3.8, 4) is 28.0 Å². The molecule has 4 aromatic rings. The number of carbonyl (C=O) groups is 1. The lowest BCUT2D eigenvalue weighted by molar-refractivity contribution is -0.160. The van der Waals surface area contributed by atoms with Crippen LogP contribution in [0.2, 0.25) is 0 Å². The molecule has 0 amide bonds. The van der Waals surface area contributed by atoms with E-state index in [0.717, 1.165) is 83.7 Å². The molecule has 7 heteroatoms. The van der Waals surface area contributed by atoms with Crippen LogP contribution >= 0.6 is 0 Å². The zero-order valence-electron chi connectivity index (χ0n) is 26.7. The topological polar surface area (TPSA) is 71.9 Å². The maximum Gasteiger partial charge on any atom is 0.337 e. The molecule has 6 rings (SSSR count). The van der Waals surface area contributed by atoms with E-state index in [-0.39, 0.29) is 5.82 Å². The molecule has 0 saturated carbocycles. The minimum Gasteiger partial charge on any atom is -0.493 e. The molecule has 3 heterocycles. The van der Waals surface area contributed by atoms with Crippen LogP contribution in [0.5, 0.6) is 5.75 Å². The van der Waals surface area contributed by atoms with Gasteiger partial charge in [0.05, 0.1) is 12.2 Å². The zero-order chi connectivity index (χ0) is 31.9. The van der Waals surface area contributed by atoms with Gasteiger partial charge in [-0.1, -0.05) is 36.4 Å². The summed E-state index contributed by atoms with van der Waals surface area (Å²) in [7, 11) is 0.